The first-order valence-corrected chi connectivity index (χ1v) is 7.02. The van der Waals surface area contributed by atoms with Gasteiger partial charge in [0.25, 0.3) is 0 Å². The number of aliphatic hydroxyl groups excluding tert-OH is 1. The Morgan fingerprint density at radius 2 is 2.05 bits per heavy atom. The molecule has 1 aromatic carbocycles. The highest BCUT2D eigenvalue weighted by molar-refractivity contribution is 9.10. The van der Waals surface area contributed by atoms with Crippen molar-refractivity contribution in [2.24, 2.45) is 0 Å². The fraction of sp³-hybridized carbons (Fsp3) is 0.538. The molecule has 0 saturated carbocycles. The summed E-state index contributed by atoms with van der Waals surface area (Å²) in [7, 11) is 0. The molecular weight excluding hydrogens is 335 g/mol. The molecule has 6 heteroatoms. The number of aliphatic hydroxyl groups is 1. The van der Waals surface area contributed by atoms with E-state index in [4.69, 9.17) is 0 Å². The molecule has 0 radical (unpaired) electrons. The van der Waals surface area contributed by atoms with Gasteiger partial charge in [0.05, 0.1) is 0 Å². The predicted molar refractivity (Wildman–Crippen MR) is 80.2 cm³/mol. The highest BCUT2D eigenvalue weighted by Crippen LogP contribution is 2.28. The maximum absolute atomic E-state index is 14.0. The second-order valence-corrected chi connectivity index (χ2v) is 5.40. The van der Waals surface area contributed by atoms with E-state index in [2.05, 4.69) is 26.1 Å². The van der Waals surface area contributed by atoms with Crippen molar-refractivity contribution in [2.75, 3.05) is 32.8 Å². The third kappa shape index (κ3) is 4.39. The number of rotatable bonds is 4. The van der Waals surface area contributed by atoms with Crippen LogP contribution in [0.25, 0.3) is 0 Å². The van der Waals surface area contributed by atoms with Crippen molar-refractivity contribution >= 4 is 28.3 Å². The van der Waals surface area contributed by atoms with Crippen LogP contribution in [0.15, 0.2) is 22.7 Å². The molecular formula is C13H19BrClFN2O. The van der Waals surface area contributed by atoms with E-state index in [9.17, 15) is 9.50 Å². The fourth-order valence-corrected chi connectivity index (χ4v) is 2.76. The van der Waals surface area contributed by atoms with E-state index in [0.29, 0.717) is 12.0 Å². The number of nitrogens with one attached hydrogen (secondary N) is 1. The van der Waals surface area contributed by atoms with Crippen molar-refractivity contribution in [3.8, 4) is 0 Å². The lowest BCUT2D eigenvalue weighted by Crippen LogP contribution is -2.45. The largest absolute Gasteiger partial charge is 0.396 e. The summed E-state index contributed by atoms with van der Waals surface area (Å²) in [5.41, 5.74) is 0.675. The van der Waals surface area contributed by atoms with Crippen molar-refractivity contribution in [3.63, 3.8) is 0 Å². The van der Waals surface area contributed by atoms with Crippen LogP contribution in [-0.2, 0) is 0 Å². The van der Waals surface area contributed by atoms with Crippen LogP contribution in [0, 0.1) is 5.82 Å². The number of halogens is 3. The Bertz CT molecular complexity index is 402. The molecule has 1 saturated heterocycles. The van der Waals surface area contributed by atoms with Gasteiger partial charge in [-0.05, 0) is 18.6 Å². The minimum absolute atomic E-state index is 0. The van der Waals surface area contributed by atoms with Crippen molar-refractivity contribution in [1.29, 1.82) is 0 Å². The molecule has 2 rings (SSSR count). The second-order valence-electron chi connectivity index (χ2n) is 4.48. The topological polar surface area (TPSA) is 35.5 Å². The van der Waals surface area contributed by atoms with E-state index in [0.717, 1.165) is 30.7 Å². The highest BCUT2D eigenvalue weighted by Gasteiger charge is 2.24. The maximum Gasteiger partial charge on any atom is 0.129 e. The zero-order valence-corrected chi connectivity index (χ0v) is 13.0. The van der Waals surface area contributed by atoms with Gasteiger partial charge >= 0.3 is 0 Å². The van der Waals surface area contributed by atoms with Crippen LogP contribution in [0.5, 0.6) is 0 Å². The number of nitrogens with zero attached hydrogens (tertiary/aromatic N) is 1. The molecule has 108 valence electrons. The minimum Gasteiger partial charge on any atom is -0.396 e. The highest BCUT2D eigenvalue weighted by atomic mass is 79.9. The third-order valence-corrected chi connectivity index (χ3v) is 3.81. The lowest BCUT2D eigenvalue weighted by molar-refractivity contribution is 0.138. The first-order chi connectivity index (χ1) is 8.72. The molecule has 1 fully saturated rings. The number of piperazine rings is 1. The molecule has 1 atom stereocenters. The molecule has 0 unspecified atom stereocenters. The predicted octanol–water partition coefficient (Wildman–Crippen LogP) is 2.34. The van der Waals surface area contributed by atoms with Gasteiger partial charge in [-0.15, -0.1) is 12.4 Å². The average molecular weight is 354 g/mol. The van der Waals surface area contributed by atoms with E-state index >= 15 is 0 Å². The number of hydrogen-bond acceptors (Lipinski definition) is 3. The van der Waals surface area contributed by atoms with E-state index in [-0.39, 0.29) is 30.9 Å². The summed E-state index contributed by atoms with van der Waals surface area (Å²) in [6, 6.07) is 5.11. The van der Waals surface area contributed by atoms with Gasteiger partial charge in [0, 0.05) is 48.9 Å². The summed E-state index contributed by atoms with van der Waals surface area (Å²) in [5.74, 6) is -0.207. The summed E-state index contributed by atoms with van der Waals surface area (Å²) in [5, 5.41) is 12.5. The van der Waals surface area contributed by atoms with Gasteiger partial charge in [-0.3, -0.25) is 4.90 Å². The smallest absolute Gasteiger partial charge is 0.129 e. The minimum atomic E-state index is -0.207. The molecule has 1 aliphatic rings. The van der Waals surface area contributed by atoms with E-state index in [1.54, 1.807) is 0 Å². The van der Waals surface area contributed by atoms with Crippen molar-refractivity contribution in [3.05, 3.63) is 34.1 Å². The van der Waals surface area contributed by atoms with Crippen LogP contribution < -0.4 is 5.32 Å². The molecule has 0 aliphatic carbocycles. The van der Waals surface area contributed by atoms with Crippen LogP contribution in [-0.4, -0.2) is 42.8 Å². The Balaban J connectivity index is 0.00000180. The van der Waals surface area contributed by atoms with Gasteiger partial charge in [0.1, 0.15) is 5.82 Å². The number of hydrogen-bond donors (Lipinski definition) is 2. The van der Waals surface area contributed by atoms with Crippen molar-refractivity contribution in [1.82, 2.24) is 10.2 Å². The maximum atomic E-state index is 14.0. The Morgan fingerprint density at radius 1 is 1.37 bits per heavy atom. The van der Waals surface area contributed by atoms with Gasteiger partial charge in [-0.2, -0.15) is 0 Å². The first-order valence-electron chi connectivity index (χ1n) is 6.23. The van der Waals surface area contributed by atoms with Crippen LogP contribution >= 0.6 is 28.3 Å². The molecule has 2 N–H and O–H groups in total. The van der Waals surface area contributed by atoms with E-state index < -0.39 is 0 Å². The molecule has 0 amide bonds. The second kappa shape index (κ2) is 8.17. The molecule has 0 aromatic heterocycles. The Kier molecular flexibility index (Phi) is 7.25. The average Bonchev–Trinajstić information content (AvgIpc) is 2.38. The lowest BCUT2D eigenvalue weighted by Gasteiger charge is -2.35. The van der Waals surface area contributed by atoms with Crippen LogP contribution in [0.1, 0.15) is 18.0 Å². The van der Waals surface area contributed by atoms with Crippen LogP contribution in [0.4, 0.5) is 4.39 Å². The monoisotopic (exact) mass is 352 g/mol. The van der Waals surface area contributed by atoms with Crippen LogP contribution in [0.3, 0.4) is 0 Å². The summed E-state index contributed by atoms with van der Waals surface area (Å²) in [4.78, 5) is 2.24. The molecule has 0 bridgehead atoms. The van der Waals surface area contributed by atoms with Gasteiger partial charge in [-0.25, -0.2) is 4.39 Å². The molecule has 0 spiro atoms. The van der Waals surface area contributed by atoms with E-state index in [1.165, 1.54) is 6.07 Å². The Labute approximate surface area is 127 Å². The Hall–Kier alpha value is -0.200. The quantitative estimate of drug-likeness (QED) is 0.872. The number of benzene rings is 1. The zero-order valence-electron chi connectivity index (χ0n) is 10.6. The zero-order chi connectivity index (χ0) is 13.0. The van der Waals surface area contributed by atoms with Gasteiger partial charge < -0.3 is 10.4 Å². The molecule has 1 aromatic rings. The summed E-state index contributed by atoms with van der Waals surface area (Å²) < 4.78 is 14.8. The van der Waals surface area contributed by atoms with Crippen molar-refractivity contribution in [2.45, 2.75) is 12.5 Å². The normalized spacial score (nSPS) is 17.8. The standard InChI is InChI=1S/C13H18BrFN2O.ClH/c14-10-1-2-11(12(15)9-10)13(3-8-18)17-6-4-16-5-7-17;/h1-2,9,13,16,18H,3-8H2;1H/t13-;/m0./s1. The third-order valence-electron chi connectivity index (χ3n) is 3.32. The molecule has 3 nitrogen and oxygen atoms in total. The first kappa shape index (κ1) is 16.9. The van der Waals surface area contributed by atoms with E-state index in [1.807, 2.05) is 12.1 Å². The SMILES string of the molecule is Cl.OCC[C@@H](c1ccc(Br)cc1F)N1CCNCC1. The molecule has 19 heavy (non-hydrogen) atoms. The summed E-state index contributed by atoms with van der Waals surface area (Å²) >= 11 is 3.27. The van der Waals surface area contributed by atoms with Gasteiger partial charge in [0.2, 0.25) is 0 Å². The van der Waals surface area contributed by atoms with Crippen molar-refractivity contribution < 1.29 is 9.50 Å². The van der Waals surface area contributed by atoms with Crippen LogP contribution in [0.2, 0.25) is 0 Å². The van der Waals surface area contributed by atoms with Gasteiger partial charge in [0.15, 0.2) is 0 Å². The Morgan fingerprint density at radius 3 is 2.63 bits per heavy atom. The van der Waals surface area contributed by atoms with Gasteiger partial charge in [-0.1, -0.05) is 22.0 Å². The fourth-order valence-electron chi connectivity index (χ4n) is 2.42. The molecule has 1 aliphatic heterocycles. The molecule has 1 heterocycles. The summed E-state index contributed by atoms with van der Waals surface area (Å²) in [6.45, 7) is 3.69. The summed E-state index contributed by atoms with van der Waals surface area (Å²) in [6.07, 6.45) is 0.568. The lowest BCUT2D eigenvalue weighted by atomic mass is 10.0.